The molecule has 27 heavy (non-hydrogen) atoms. The summed E-state index contributed by atoms with van der Waals surface area (Å²) < 4.78 is 5.30. The molecule has 0 N–H and O–H groups in total. The van der Waals surface area contributed by atoms with E-state index in [0.717, 1.165) is 22.1 Å². The van der Waals surface area contributed by atoms with E-state index in [1.807, 2.05) is 0 Å². The number of hydrogen-bond donors (Lipinski definition) is 0. The molecule has 2 amide bonds. The van der Waals surface area contributed by atoms with Crippen LogP contribution in [0.25, 0.3) is 0 Å². The van der Waals surface area contributed by atoms with Crippen LogP contribution in [-0.4, -0.2) is 49.9 Å². The van der Waals surface area contributed by atoms with Crippen molar-refractivity contribution in [3.63, 3.8) is 0 Å². The van der Waals surface area contributed by atoms with Crippen LogP contribution in [0.4, 0.5) is 0 Å². The molecule has 0 aromatic rings. The molecule has 148 valence electrons. The lowest BCUT2D eigenvalue weighted by molar-refractivity contribution is -0.150. The Morgan fingerprint density at radius 3 is 2.41 bits per heavy atom. The number of allylic oxidation sites excluding steroid dienone is 2. The minimum atomic E-state index is -0.795. The highest BCUT2D eigenvalue weighted by molar-refractivity contribution is 8.47. The fourth-order valence-corrected chi connectivity index (χ4v) is 6.97. The number of imide groups is 1. The molecule has 2 aliphatic carbocycles. The van der Waals surface area contributed by atoms with Gasteiger partial charge in [0.05, 0.1) is 18.4 Å². The van der Waals surface area contributed by atoms with Crippen molar-refractivity contribution in [2.75, 3.05) is 18.9 Å². The quantitative estimate of drug-likeness (QED) is 0.267. The Labute approximate surface area is 174 Å². The van der Waals surface area contributed by atoms with Gasteiger partial charge in [0.25, 0.3) is 0 Å². The molecule has 0 aromatic heterocycles. The molecule has 0 spiro atoms. The largest absolute Gasteiger partial charge is 0.463 e. The Bertz CT molecular complexity index is 660. The molecule has 1 saturated heterocycles. The second-order valence-electron chi connectivity index (χ2n) is 7.67. The highest BCUT2D eigenvalue weighted by atomic mass is 32.2. The van der Waals surface area contributed by atoms with Crippen molar-refractivity contribution in [2.24, 2.45) is 23.7 Å². The van der Waals surface area contributed by atoms with E-state index in [4.69, 9.17) is 17.0 Å². The molecule has 2 fully saturated rings. The number of likely N-dealkylation sites (tertiary alicyclic amines) is 1. The Morgan fingerprint density at radius 2 is 1.85 bits per heavy atom. The molecule has 1 saturated carbocycles. The summed E-state index contributed by atoms with van der Waals surface area (Å²) in [4.78, 5) is 38.9. The number of carbonyl (C=O) groups excluding carboxylic acids is 3. The molecule has 8 heteroatoms. The van der Waals surface area contributed by atoms with Gasteiger partial charge in [0, 0.05) is 0 Å². The standard InChI is InChI=1S/C19H25NO4S3/c1-4-9-26-18(25)27-19(2,3)17(23)24-8-7-20-15(21)13-11-5-6-12(10-11)14(13)16(20)22/h5-6,11-14H,4,7-10H2,1-3H3. The van der Waals surface area contributed by atoms with Crippen LogP contribution >= 0.6 is 35.7 Å². The number of rotatable bonds is 7. The normalized spacial score (nSPS) is 28.8. The van der Waals surface area contributed by atoms with Gasteiger partial charge in [-0.1, -0.05) is 43.1 Å². The number of nitrogens with zero attached hydrogens (tertiary/aromatic N) is 1. The number of esters is 1. The number of hydrogen-bond acceptors (Lipinski definition) is 7. The number of carbonyl (C=O) groups is 3. The average Bonchev–Trinajstić information content (AvgIpc) is 3.28. The third-order valence-electron chi connectivity index (χ3n) is 5.36. The number of amides is 2. The molecule has 1 aliphatic heterocycles. The first-order valence-electron chi connectivity index (χ1n) is 9.32. The topological polar surface area (TPSA) is 63.7 Å². The molecule has 4 atom stereocenters. The lowest BCUT2D eigenvalue weighted by Crippen LogP contribution is -2.38. The summed E-state index contributed by atoms with van der Waals surface area (Å²) in [6, 6.07) is 0. The minimum Gasteiger partial charge on any atom is -0.463 e. The molecule has 3 aliphatic rings. The first-order valence-corrected chi connectivity index (χ1v) is 11.5. The summed E-state index contributed by atoms with van der Waals surface area (Å²) in [6.45, 7) is 5.79. The predicted molar refractivity (Wildman–Crippen MR) is 112 cm³/mol. The maximum atomic E-state index is 12.6. The van der Waals surface area contributed by atoms with Gasteiger partial charge in [-0.25, -0.2) is 0 Å². The van der Waals surface area contributed by atoms with E-state index in [0.29, 0.717) is 0 Å². The zero-order chi connectivity index (χ0) is 19.8. The van der Waals surface area contributed by atoms with Crippen LogP contribution in [0.3, 0.4) is 0 Å². The van der Waals surface area contributed by atoms with Gasteiger partial charge >= 0.3 is 5.97 Å². The van der Waals surface area contributed by atoms with E-state index in [1.54, 1.807) is 25.6 Å². The summed E-state index contributed by atoms with van der Waals surface area (Å²) >= 11 is 8.19. The van der Waals surface area contributed by atoms with E-state index in [-0.39, 0.29) is 54.6 Å². The third-order valence-corrected chi connectivity index (χ3v) is 8.26. The first-order chi connectivity index (χ1) is 12.8. The Hall–Kier alpha value is -0.860. The van der Waals surface area contributed by atoms with Crippen molar-refractivity contribution in [2.45, 2.75) is 38.4 Å². The number of thiocarbonyl (C=S) groups is 1. The molecule has 3 rings (SSSR count). The van der Waals surface area contributed by atoms with Crippen molar-refractivity contribution in [3.8, 4) is 0 Å². The highest BCUT2D eigenvalue weighted by Gasteiger charge is 2.59. The molecule has 0 radical (unpaired) electrons. The molecule has 1 heterocycles. The van der Waals surface area contributed by atoms with E-state index in [2.05, 4.69) is 19.1 Å². The van der Waals surface area contributed by atoms with Crippen molar-refractivity contribution < 1.29 is 19.1 Å². The number of thioether (sulfide) groups is 2. The summed E-state index contributed by atoms with van der Waals surface area (Å²) in [5.41, 5.74) is 0. The second-order valence-corrected chi connectivity index (χ2v) is 11.6. The van der Waals surface area contributed by atoms with Crippen LogP contribution in [-0.2, 0) is 19.1 Å². The number of fused-ring (bicyclic) bond motifs is 5. The van der Waals surface area contributed by atoms with Crippen LogP contribution in [0, 0.1) is 23.7 Å². The predicted octanol–water partition coefficient (Wildman–Crippen LogP) is 3.28. The van der Waals surface area contributed by atoms with E-state index in [9.17, 15) is 14.4 Å². The van der Waals surface area contributed by atoms with Crippen molar-refractivity contribution >= 4 is 57.1 Å². The summed E-state index contributed by atoms with van der Waals surface area (Å²) in [7, 11) is 0. The summed E-state index contributed by atoms with van der Waals surface area (Å²) in [5.74, 6) is 0.309. The van der Waals surface area contributed by atoms with Crippen molar-refractivity contribution in [1.29, 1.82) is 0 Å². The smallest absolute Gasteiger partial charge is 0.322 e. The Morgan fingerprint density at radius 1 is 1.26 bits per heavy atom. The molecular formula is C19H25NO4S3. The van der Waals surface area contributed by atoms with Gasteiger partial charge in [0.2, 0.25) is 11.8 Å². The van der Waals surface area contributed by atoms with Gasteiger partial charge in [-0.3, -0.25) is 19.3 Å². The van der Waals surface area contributed by atoms with Gasteiger partial charge in [0.1, 0.15) is 14.9 Å². The summed E-state index contributed by atoms with van der Waals surface area (Å²) in [6.07, 6.45) is 6.07. The van der Waals surface area contributed by atoms with E-state index in [1.165, 1.54) is 16.7 Å². The van der Waals surface area contributed by atoms with E-state index >= 15 is 0 Å². The maximum absolute atomic E-state index is 12.6. The Kier molecular flexibility index (Phi) is 6.37. The van der Waals surface area contributed by atoms with Crippen molar-refractivity contribution in [3.05, 3.63) is 12.2 Å². The molecule has 2 bridgehead atoms. The molecule has 4 unspecified atom stereocenters. The molecule has 0 aromatic carbocycles. The minimum absolute atomic E-state index is 0.0252. The lowest BCUT2D eigenvalue weighted by Gasteiger charge is -2.23. The van der Waals surface area contributed by atoms with Crippen LogP contribution in [0.2, 0.25) is 0 Å². The monoisotopic (exact) mass is 427 g/mol. The number of ether oxygens (including phenoxy) is 1. The third kappa shape index (κ3) is 4.12. The summed E-state index contributed by atoms with van der Waals surface area (Å²) in [5, 5.41) is 0. The zero-order valence-electron chi connectivity index (χ0n) is 15.8. The van der Waals surface area contributed by atoms with Crippen LogP contribution in [0.1, 0.15) is 33.6 Å². The second kappa shape index (κ2) is 8.25. The van der Waals surface area contributed by atoms with Gasteiger partial charge in [-0.05, 0) is 44.3 Å². The van der Waals surface area contributed by atoms with E-state index < -0.39 is 4.75 Å². The first kappa shape index (κ1) is 20.9. The average molecular weight is 428 g/mol. The van der Waals surface area contributed by atoms with Gasteiger partial charge in [-0.2, -0.15) is 0 Å². The maximum Gasteiger partial charge on any atom is 0.322 e. The fourth-order valence-electron chi connectivity index (χ4n) is 4.05. The zero-order valence-corrected chi connectivity index (χ0v) is 18.3. The Balaban J connectivity index is 1.48. The van der Waals surface area contributed by atoms with Crippen LogP contribution < -0.4 is 0 Å². The van der Waals surface area contributed by atoms with Crippen LogP contribution in [0.15, 0.2) is 12.2 Å². The van der Waals surface area contributed by atoms with Gasteiger partial charge in [-0.15, -0.1) is 11.8 Å². The van der Waals surface area contributed by atoms with Gasteiger partial charge < -0.3 is 4.74 Å². The van der Waals surface area contributed by atoms with Crippen LogP contribution in [0.5, 0.6) is 0 Å². The highest BCUT2D eigenvalue weighted by Crippen LogP contribution is 2.52. The SMILES string of the molecule is CCCSC(=S)SC(C)(C)C(=O)OCCN1C(=O)C2C3C=CC(C3)C2C1=O. The lowest BCUT2D eigenvalue weighted by atomic mass is 9.85. The van der Waals surface area contributed by atoms with Gasteiger partial charge in [0.15, 0.2) is 0 Å². The molecule has 5 nitrogen and oxygen atoms in total. The fraction of sp³-hybridized carbons (Fsp3) is 0.684. The van der Waals surface area contributed by atoms with Crippen molar-refractivity contribution in [1.82, 2.24) is 4.90 Å². The molecular weight excluding hydrogens is 402 g/mol.